The van der Waals surface area contributed by atoms with Crippen LogP contribution in [0.1, 0.15) is 25.0 Å². The summed E-state index contributed by atoms with van der Waals surface area (Å²) in [5, 5.41) is 7.50. The SMILES string of the molecule is CC1(C)c2ccccc2-c2ccc(-c3c4ccccc4c(-c4ccc5ccccc5c4)c4ccc(-n5c(-c6ccccc6)ccc5-c5ccccc5)cc34)cc21. The molecule has 56 heavy (non-hydrogen) atoms. The molecule has 1 aliphatic carbocycles. The molecule has 0 N–H and O–H groups in total. The van der Waals surface area contributed by atoms with Gasteiger partial charge in [-0.3, -0.25) is 0 Å². The molecule has 0 fully saturated rings. The normalized spacial score (nSPS) is 13.0. The minimum atomic E-state index is -0.107. The van der Waals surface area contributed by atoms with Crippen LogP contribution < -0.4 is 0 Å². The summed E-state index contributed by atoms with van der Waals surface area (Å²) in [7, 11) is 0. The van der Waals surface area contributed by atoms with Gasteiger partial charge in [0.1, 0.15) is 0 Å². The van der Waals surface area contributed by atoms with Gasteiger partial charge in [0.2, 0.25) is 0 Å². The lowest BCUT2D eigenvalue weighted by Gasteiger charge is -2.23. The van der Waals surface area contributed by atoms with E-state index in [-0.39, 0.29) is 5.41 Å². The molecule has 0 saturated heterocycles. The zero-order valence-corrected chi connectivity index (χ0v) is 31.5. The standard InChI is InChI=1S/C55H39N/c1-55(2)49-24-14-13-21-43(49)44-29-27-41(34-50(44)55)54-46-23-12-11-22-45(46)53(40-26-25-36-15-9-10-20-39(36)33-40)47-30-28-42(35-48(47)54)56-51(37-16-5-3-6-17-37)31-32-52(56)38-18-7-4-8-19-38/h3-35H,1-2H3. The summed E-state index contributed by atoms with van der Waals surface area (Å²) < 4.78 is 2.45. The molecule has 1 heterocycles. The van der Waals surface area contributed by atoms with Gasteiger partial charge < -0.3 is 4.57 Å². The zero-order valence-electron chi connectivity index (χ0n) is 31.5. The Labute approximate surface area is 327 Å². The van der Waals surface area contributed by atoms with Gasteiger partial charge in [0.15, 0.2) is 0 Å². The molecule has 1 heteroatoms. The van der Waals surface area contributed by atoms with E-state index in [0.29, 0.717) is 0 Å². The van der Waals surface area contributed by atoms with Gasteiger partial charge in [-0.05, 0) is 124 Å². The average Bonchev–Trinajstić information content (AvgIpc) is 3.80. The summed E-state index contributed by atoms with van der Waals surface area (Å²) in [5.41, 5.74) is 16.2. The predicted octanol–water partition coefficient (Wildman–Crippen LogP) is 14.9. The van der Waals surface area contributed by atoms with E-state index in [4.69, 9.17) is 0 Å². The topological polar surface area (TPSA) is 4.93 Å². The molecule has 1 aliphatic rings. The van der Waals surface area contributed by atoms with E-state index >= 15 is 0 Å². The van der Waals surface area contributed by atoms with Crippen LogP contribution in [0.4, 0.5) is 0 Å². The molecule has 9 aromatic carbocycles. The van der Waals surface area contributed by atoms with Gasteiger partial charge in [-0.1, -0.05) is 178 Å². The summed E-state index contributed by atoms with van der Waals surface area (Å²) >= 11 is 0. The van der Waals surface area contributed by atoms with Crippen LogP contribution in [0.5, 0.6) is 0 Å². The summed E-state index contributed by atoms with van der Waals surface area (Å²) in [6.45, 7) is 4.75. The number of hydrogen-bond donors (Lipinski definition) is 0. The second kappa shape index (κ2) is 12.5. The first-order valence-electron chi connectivity index (χ1n) is 19.6. The molecule has 11 rings (SSSR count). The molecule has 0 unspecified atom stereocenters. The number of hydrogen-bond acceptors (Lipinski definition) is 0. The molecule has 0 bridgehead atoms. The van der Waals surface area contributed by atoms with E-state index < -0.39 is 0 Å². The third kappa shape index (κ3) is 4.94. The smallest absolute Gasteiger partial charge is 0.0535 e. The molecule has 1 nitrogen and oxygen atoms in total. The molecule has 0 atom stereocenters. The van der Waals surface area contributed by atoms with Crippen molar-refractivity contribution in [3.05, 3.63) is 211 Å². The number of fused-ring (bicyclic) bond motifs is 6. The average molecular weight is 714 g/mol. The highest BCUT2D eigenvalue weighted by atomic mass is 15.0. The van der Waals surface area contributed by atoms with Crippen LogP contribution in [0, 0.1) is 0 Å². The first-order chi connectivity index (χ1) is 27.5. The zero-order chi connectivity index (χ0) is 37.4. The summed E-state index contributed by atoms with van der Waals surface area (Å²) in [5.74, 6) is 0. The van der Waals surface area contributed by atoms with Gasteiger partial charge in [0.05, 0.1) is 11.4 Å². The van der Waals surface area contributed by atoms with Crippen molar-refractivity contribution < 1.29 is 0 Å². The van der Waals surface area contributed by atoms with Crippen molar-refractivity contribution in [1.29, 1.82) is 0 Å². The molecule has 10 aromatic rings. The molecule has 0 saturated carbocycles. The highest BCUT2D eigenvalue weighted by Gasteiger charge is 2.35. The maximum absolute atomic E-state index is 2.49. The van der Waals surface area contributed by atoms with E-state index in [1.54, 1.807) is 0 Å². The van der Waals surface area contributed by atoms with E-state index in [1.807, 2.05) is 0 Å². The highest BCUT2D eigenvalue weighted by molar-refractivity contribution is 6.22. The fraction of sp³-hybridized carbons (Fsp3) is 0.0545. The van der Waals surface area contributed by atoms with Crippen molar-refractivity contribution in [2.45, 2.75) is 19.3 Å². The third-order valence-corrected chi connectivity index (χ3v) is 12.2. The van der Waals surface area contributed by atoms with E-state index in [2.05, 4.69) is 219 Å². The van der Waals surface area contributed by atoms with Crippen molar-refractivity contribution >= 4 is 32.3 Å². The van der Waals surface area contributed by atoms with Crippen LogP contribution in [-0.2, 0) is 5.41 Å². The van der Waals surface area contributed by atoms with Crippen LogP contribution in [0.25, 0.3) is 93.9 Å². The molecule has 1 aromatic heterocycles. The first-order valence-corrected chi connectivity index (χ1v) is 19.6. The van der Waals surface area contributed by atoms with E-state index in [0.717, 1.165) is 17.1 Å². The fourth-order valence-corrected chi connectivity index (χ4v) is 9.52. The van der Waals surface area contributed by atoms with Crippen LogP contribution in [0.15, 0.2) is 200 Å². The summed E-state index contributed by atoms with van der Waals surface area (Å²) in [6, 6.07) is 74.0. The lowest BCUT2D eigenvalue weighted by molar-refractivity contribution is 0.660. The van der Waals surface area contributed by atoms with Crippen molar-refractivity contribution in [1.82, 2.24) is 4.57 Å². The first kappa shape index (κ1) is 32.5. The van der Waals surface area contributed by atoms with E-state index in [1.165, 1.54) is 88.0 Å². The molecule has 0 spiro atoms. The fourth-order valence-electron chi connectivity index (χ4n) is 9.52. The van der Waals surface area contributed by atoms with Crippen LogP contribution in [-0.4, -0.2) is 4.57 Å². The van der Waals surface area contributed by atoms with Crippen molar-refractivity contribution in [2.24, 2.45) is 0 Å². The minimum absolute atomic E-state index is 0.107. The van der Waals surface area contributed by atoms with Crippen LogP contribution in [0.3, 0.4) is 0 Å². The van der Waals surface area contributed by atoms with Crippen molar-refractivity contribution in [2.75, 3.05) is 0 Å². The maximum Gasteiger partial charge on any atom is 0.0535 e. The number of nitrogens with zero attached hydrogens (tertiary/aromatic N) is 1. The minimum Gasteiger partial charge on any atom is -0.309 e. The Morgan fingerprint density at radius 1 is 0.339 bits per heavy atom. The second-order valence-corrected chi connectivity index (χ2v) is 15.7. The Morgan fingerprint density at radius 3 is 1.59 bits per heavy atom. The van der Waals surface area contributed by atoms with Gasteiger partial charge in [-0.25, -0.2) is 0 Å². The van der Waals surface area contributed by atoms with Crippen LogP contribution >= 0.6 is 0 Å². The Morgan fingerprint density at radius 2 is 0.875 bits per heavy atom. The molecule has 264 valence electrons. The van der Waals surface area contributed by atoms with Gasteiger partial charge in [0.25, 0.3) is 0 Å². The number of benzene rings is 9. The maximum atomic E-state index is 2.49. The van der Waals surface area contributed by atoms with Crippen molar-refractivity contribution in [3.63, 3.8) is 0 Å². The van der Waals surface area contributed by atoms with Gasteiger partial charge in [0, 0.05) is 11.1 Å². The summed E-state index contributed by atoms with van der Waals surface area (Å²) in [4.78, 5) is 0. The van der Waals surface area contributed by atoms with Crippen molar-refractivity contribution in [3.8, 4) is 61.6 Å². The van der Waals surface area contributed by atoms with Gasteiger partial charge >= 0.3 is 0 Å². The van der Waals surface area contributed by atoms with Gasteiger partial charge in [-0.2, -0.15) is 0 Å². The summed E-state index contributed by atoms with van der Waals surface area (Å²) in [6.07, 6.45) is 0. The van der Waals surface area contributed by atoms with E-state index in [9.17, 15) is 0 Å². The number of rotatable bonds is 5. The Hall–Kier alpha value is -6.96. The van der Waals surface area contributed by atoms with Gasteiger partial charge in [-0.15, -0.1) is 0 Å². The Kier molecular flexibility index (Phi) is 7.28. The second-order valence-electron chi connectivity index (χ2n) is 15.7. The molecule has 0 radical (unpaired) electrons. The Balaban J connectivity index is 1.24. The lowest BCUT2D eigenvalue weighted by atomic mass is 9.80. The monoisotopic (exact) mass is 713 g/mol. The lowest BCUT2D eigenvalue weighted by Crippen LogP contribution is -2.14. The number of aromatic nitrogens is 1. The third-order valence-electron chi connectivity index (χ3n) is 12.2. The highest BCUT2D eigenvalue weighted by Crippen LogP contribution is 2.51. The van der Waals surface area contributed by atoms with Crippen LogP contribution in [0.2, 0.25) is 0 Å². The predicted molar refractivity (Wildman–Crippen MR) is 238 cm³/mol. The molecular weight excluding hydrogens is 675 g/mol. The largest absolute Gasteiger partial charge is 0.309 e. The molecular formula is C55H39N. The Bertz CT molecular complexity index is 3090. The molecule has 0 amide bonds. The molecule has 0 aliphatic heterocycles. The quantitative estimate of drug-likeness (QED) is 0.157.